The molecule has 4 atom stereocenters. The molecule has 0 bridgehead atoms. The minimum atomic E-state index is -0.866. The highest BCUT2D eigenvalue weighted by Crippen LogP contribution is 2.32. The maximum atomic E-state index is 13.3. The van der Waals surface area contributed by atoms with Crippen LogP contribution in [0.5, 0.6) is 0 Å². The second kappa shape index (κ2) is 9.68. The smallest absolute Gasteiger partial charge is 0.408 e. The molecule has 0 aromatic heterocycles. The number of nitrogens with one attached hydrogen (secondary N) is 1. The van der Waals surface area contributed by atoms with Crippen molar-refractivity contribution in [2.45, 2.75) is 89.3 Å². The van der Waals surface area contributed by atoms with Crippen molar-refractivity contribution < 1.29 is 29.0 Å². The van der Waals surface area contributed by atoms with E-state index in [-0.39, 0.29) is 25.0 Å². The van der Waals surface area contributed by atoms with Crippen molar-refractivity contribution in [2.24, 2.45) is 0 Å². The summed E-state index contributed by atoms with van der Waals surface area (Å²) >= 11 is 0. The average Bonchev–Trinajstić information content (AvgIpc) is 3.10. The molecule has 8 heteroatoms. The number of fused-ring (bicyclic) bond motifs is 1. The first-order valence-electron chi connectivity index (χ1n) is 10.8. The first-order chi connectivity index (χ1) is 14.6. The number of esters is 1. The van der Waals surface area contributed by atoms with Gasteiger partial charge in [-0.1, -0.05) is 30.3 Å². The van der Waals surface area contributed by atoms with Gasteiger partial charge in [0.25, 0.3) is 0 Å². The Morgan fingerprint density at radius 3 is 2.52 bits per heavy atom. The van der Waals surface area contributed by atoms with Gasteiger partial charge < -0.3 is 24.8 Å². The van der Waals surface area contributed by atoms with Gasteiger partial charge in [0.05, 0.1) is 6.10 Å². The number of hydrogen-bond donors (Lipinski definition) is 2. The predicted octanol–water partition coefficient (Wildman–Crippen LogP) is 2.53. The van der Waals surface area contributed by atoms with Crippen LogP contribution in [0.4, 0.5) is 4.79 Å². The van der Waals surface area contributed by atoms with Gasteiger partial charge in [-0.3, -0.25) is 4.79 Å². The summed E-state index contributed by atoms with van der Waals surface area (Å²) < 4.78 is 10.8. The lowest BCUT2D eigenvalue weighted by Gasteiger charge is -2.36. The molecule has 31 heavy (non-hydrogen) atoms. The predicted molar refractivity (Wildman–Crippen MR) is 113 cm³/mol. The van der Waals surface area contributed by atoms with Gasteiger partial charge in [0.15, 0.2) is 0 Å². The molecular formula is C23H32N2O6. The molecule has 2 aliphatic rings. The molecule has 0 unspecified atom stereocenters. The van der Waals surface area contributed by atoms with Crippen molar-refractivity contribution >= 4 is 18.0 Å². The molecule has 2 saturated heterocycles. The molecule has 3 rings (SSSR count). The Morgan fingerprint density at radius 1 is 1.13 bits per heavy atom. The molecule has 0 aliphatic carbocycles. The lowest BCUT2D eigenvalue weighted by Crippen LogP contribution is -2.56. The Morgan fingerprint density at radius 2 is 1.84 bits per heavy atom. The third-order valence-electron chi connectivity index (χ3n) is 5.57. The number of alkyl carbamates (subject to hydrolysis) is 1. The van der Waals surface area contributed by atoms with E-state index < -0.39 is 35.9 Å². The van der Waals surface area contributed by atoms with Crippen molar-refractivity contribution in [1.29, 1.82) is 0 Å². The van der Waals surface area contributed by atoms with Crippen LogP contribution in [0, 0.1) is 0 Å². The molecule has 1 aromatic carbocycles. The monoisotopic (exact) mass is 432 g/mol. The number of hydrogen-bond acceptors (Lipinski definition) is 6. The van der Waals surface area contributed by atoms with Crippen LogP contribution in [0.15, 0.2) is 30.3 Å². The minimum absolute atomic E-state index is 0.130. The summed E-state index contributed by atoms with van der Waals surface area (Å²) in [7, 11) is 0. The molecule has 2 amide bonds. The second-order valence-corrected chi connectivity index (χ2v) is 9.25. The van der Waals surface area contributed by atoms with E-state index in [0.29, 0.717) is 25.7 Å². The normalized spacial score (nSPS) is 26.5. The molecule has 0 saturated carbocycles. The van der Waals surface area contributed by atoms with E-state index in [1.54, 1.807) is 20.8 Å². The van der Waals surface area contributed by atoms with E-state index >= 15 is 0 Å². The summed E-state index contributed by atoms with van der Waals surface area (Å²) in [5.74, 6) is -0.798. The molecule has 170 valence electrons. The van der Waals surface area contributed by atoms with Crippen LogP contribution in [0.3, 0.4) is 0 Å². The first kappa shape index (κ1) is 23.1. The molecule has 0 radical (unpaired) electrons. The minimum Gasteiger partial charge on any atom is -0.459 e. The molecule has 2 N–H and O–H groups in total. The van der Waals surface area contributed by atoms with Gasteiger partial charge in [-0.2, -0.15) is 0 Å². The van der Waals surface area contributed by atoms with Crippen LogP contribution in [-0.2, 0) is 25.7 Å². The van der Waals surface area contributed by atoms with E-state index in [1.165, 1.54) is 4.90 Å². The fraction of sp³-hybridized carbons (Fsp3) is 0.609. The van der Waals surface area contributed by atoms with E-state index in [1.807, 2.05) is 30.3 Å². The number of nitrogens with zero attached hydrogens (tertiary/aromatic N) is 1. The molecule has 8 nitrogen and oxygen atoms in total. The van der Waals surface area contributed by atoms with Crippen LogP contribution < -0.4 is 5.32 Å². The van der Waals surface area contributed by atoms with Crippen molar-refractivity contribution in [3.05, 3.63) is 35.9 Å². The average molecular weight is 433 g/mol. The van der Waals surface area contributed by atoms with Gasteiger partial charge in [-0.15, -0.1) is 0 Å². The number of carbonyl (C=O) groups is 3. The number of ether oxygens (including phenoxy) is 2. The largest absolute Gasteiger partial charge is 0.459 e. The summed E-state index contributed by atoms with van der Waals surface area (Å²) in [6.45, 7) is 5.35. The van der Waals surface area contributed by atoms with Gasteiger partial charge in [0.1, 0.15) is 24.3 Å². The molecule has 0 spiro atoms. The summed E-state index contributed by atoms with van der Waals surface area (Å²) in [5, 5.41) is 13.0. The van der Waals surface area contributed by atoms with Crippen molar-refractivity contribution in [2.75, 3.05) is 0 Å². The fourth-order valence-electron chi connectivity index (χ4n) is 4.18. The van der Waals surface area contributed by atoms with Crippen LogP contribution >= 0.6 is 0 Å². The van der Waals surface area contributed by atoms with Gasteiger partial charge in [-0.05, 0) is 58.4 Å². The van der Waals surface area contributed by atoms with E-state index in [0.717, 1.165) is 5.56 Å². The Hall–Kier alpha value is -2.61. The SMILES string of the molecule is CC(C)(C)OC(=O)N[C@H]1CC[C@H](O)C[C@H]2CC[C@@H](C(=O)OCc3ccccc3)N2C1=O. The maximum Gasteiger partial charge on any atom is 0.408 e. The zero-order chi connectivity index (χ0) is 22.6. The van der Waals surface area contributed by atoms with Gasteiger partial charge >= 0.3 is 12.1 Å². The van der Waals surface area contributed by atoms with E-state index in [9.17, 15) is 19.5 Å². The van der Waals surface area contributed by atoms with Crippen LogP contribution in [0.2, 0.25) is 0 Å². The van der Waals surface area contributed by atoms with Gasteiger partial charge in [-0.25, -0.2) is 9.59 Å². The van der Waals surface area contributed by atoms with Gasteiger partial charge in [0, 0.05) is 6.04 Å². The topological polar surface area (TPSA) is 105 Å². The van der Waals surface area contributed by atoms with Crippen LogP contribution in [0.1, 0.15) is 58.4 Å². The zero-order valence-corrected chi connectivity index (χ0v) is 18.4. The Labute approximate surface area is 182 Å². The third kappa shape index (κ3) is 6.19. The highest BCUT2D eigenvalue weighted by atomic mass is 16.6. The Bertz CT molecular complexity index is 791. The van der Waals surface area contributed by atoms with E-state index in [4.69, 9.17) is 9.47 Å². The van der Waals surface area contributed by atoms with Crippen molar-refractivity contribution in [1.82, 2.24) is 10.2 Å². The summed E-state index contributed by atoms with van der Waals surface area (Å²) in [5.41, 5.74) is 0.165. The Kier molecular flexibility index (Phi) is 7.20. The fourth-order valence-corrected chi connectivity index (χ4v) is 4.18. The standard InChI is InChI=1S/C23H32N2O6/c1-23(2,3)31-22(29)24-18-11-10-17(26)13-16-9-12-19(25(16)20(18)27)21(28)30-14-15-7-5-4-6-8-15/h4-8,16-19,26H,9-14H2,1-3H3,(H,24,29)/t16-,17+,18+,19+/m1/s1. The summed E-state index contributed by atoms with van der Waals surface area (Å²) in [4.78, 5) is 39.9. The lowest BCUT2D eigenvalue weighted by atomic mass is 9.96. The van der Waals surface area contributed by atoms with Crippen molar-refractivity contribution in [3.63, 3.8) is 0 Å². The second-order valence-electron chi connectivity index (χ2n) is 9.25. The highest BCUT2D eigenvalue weighted by Gasteiger charge is 2.46. The molecular weight excluding hydrogens is 400 g/mol. The maximum absolute atomic E-state index is 13.3. The quantitative estimate of drug-likeness (QED) is 0.709. The van der Waals surface area contributed by atoms with E-state index in [2.05, 4.69) is 5.32 Å². The number of amides is 2. The highest BCUT2D eigenvalue weighted by molar-refractivity contribution is 5.90. The number of benzene rings is 1. The third-order valence-corrected chi connectivity index (χ3v) is 5.57. The number of aliphatic hydroxyl groups is 1. The van der Waals surface area contributed by atoms with Crippen LogP contribution in [0.25, 0.3) is 0 Å². The first-order valence-corrected chi connectivity index (χ1v) is 10.8. The number of carbonyl (C=O) groups excluding carboxylic acids is 3. The number of rotatable bonds is 4. The Balaban J connectivity index is 1.71. The lowest BCUT2D eigenvalue weighted by molar-refractivity contribution is -0.157. The van der Waals surface area contributed by atoms with Gasteiger partial charge in [0.2, 0.25) is 5.91 Å². The molecule has 2 fully saturated rings. The summed E-state index contributed by atoms with van der Waals surface area (Å²) in [6, 6.07) is 7.49. The number of aliphatic hydroxyl groups excluding tert-OH is 1. The van der Waals surface area contributed by atoms with Crippen LogP contribution in [-0.4, -0.2) is 57.8 Å². The molecule has 2 aliphatic heterocycles. The summed E-state index contributed by atoms with van der Waals surface area (Å²) in [6.07, 6.45) is 0.840. The molecule has 2 heterocycles. The van der Waals surface area contributed by atoms with Crippen molar-refractivity contribution in [3.8, 4) is 0 Å². The molecule has 1 aromatic rings. The zero-order valence-electron chi connectivity index (χ0n) is 18.4.